The maximum absolute atomic E-state index is 12.2. The molecule has 0 saturated heterocycles. The third-order valence-corrected chi connectivity index (χ3v) is 5.94. The number of nitrogens with zero attached hydrogens (tertiary/aromatic N) is 1. The van der Waals surface area contributed by atoms with E-state index in [0.717, 1.165) is 11.3 Å². The van der Waals surface area contributed by atoms with Crippen molar-refractivity contribution in [2.24, 2.45) is 0 Å². The SMILES string of the molecule is COc1cc(CO)c(Br)cc1NS(=O)(=O)c1cnc(N)s1. The van der Waals surface area contributed by atoms with Crippen LogP contribution in [0.2, 0.25) is 0 Å². The maximum atomic E-state index is 12.2. The van der Waals surface area contributed by atoms with Gasteiger partial charge in [0.15, 0.2) is 9.34 Å². The van der Waals surface area contributed by atoms with Gasteiger partial charge in [-0.3, -0.25) is 4.72 Å². The van der Waals surface area contributed by atoms with Crippen LogP contribution in [0.25, 0.3) is 0 Å². The number of aliphatic hydroxyl groups excluding tert-OH is 1. The van der Waals surface area contributed by atoms with Crippen LogP contribution in [0.4, 0.5) is 10.8 Å². The molecule has 114 valence electrons. The van der Waals surface area contributed by atoms with E-state index in [1.165, 1.54) is 19.4 Å². The topological polar surface area (TPSA) is 115 Å². The van der Waals surface area contributed by atoms with E-state index in [9.17, 15) is 13.5 Å². The summed E-state index contributed by atoms with van der Waals surface area (Å²) in [5.41, 5.74) is 6.27. The zero-order valence-corrected chi connectivity index (χ0v) is 14.0. The number of hydrogen-bond acceptors (Lipinski definition) is 7. The van der Waals surface area contributed by atoms with Crippen molar-refractivity contribution in [2.45, 2.75) is 10.8 Å². The van der Waals surface area contributed by atoms with Crippen molar-refractivity contribution >= 4 is 48.1 Å². The molecule has 4 N–H and O–H groups in total. The van der Waals surface area contributed by atoms with E-state index in [-0.39, 0.29) is 21.6 Å². The summed E-state index contributed by atoms with van der Waals surface area (Å²) in [6.45, 7) is -0.199. The first-order valence-electron chi connectivity index (χ1n) is 5.58. The predicted molar refractivity (Wildman–Crippen MR) is 84.0 cm³/mol. The fraction of sp³-hybridized carbons (Fsp3) is 0.182. The number of halogens is 1. The lowest BCUT2D eigenvalue weighted by molar-refractivity contribution is 0.280. The highest BCUT2D eigenvalue weighted by Gasteiger charge is 2.20. The third-order valence-electron chi connectivity index (χ3n) is 2.55. The van der Waals surface area contributed by atoms with Gasteiger partial charge in [0, 0.05) is 4.47 Å². The summed E-state index contributed by atoms with van der Waals surface area (Å²) in [4.78, 5) is 3.72. The van der Waals surface area contributed by atoms with Crippen LogP contribution in [-0.4, -0.2) is 25.6 Å². The first-order chi connectivity index (χ1) is 9.87. The molecule has 0 aliphatic heterocycles. The summed E-state index contributed by atoms with van der Waals surface area (Å²) in [6.07, 6.45) is 1.19. The Labute approximate surface area is 134 Å². The van der Waals surface area contributed by atoms with Crippen LogP contribution in [0, 0.1) is 0 Å². The first-order valence-corrected chi connectivity index (χ1v) is 8.68. The molecule has 1 heterocycles. The number of anilines is 2. The van der Waals surface area contributed by atoms with Gasteiger partial charge in [0.2, 0.25) is 0 Å². The quantitative estimate of drug-likeness (QED) is 0.713. The first kappa shape index (κ1) is 16.0. The van der Waals surface area contributed by atoms with Crippen molar-refractivity contribution in [2.75, 3.05) is 17.6 Å². The number of nitrogen functional groups attached to an aromatic ring is 1. The molecule has 7 nitrogen and oxygen atoms in total. The molecule has 0 atom stereocenters. The zero-order valence-electron chi connectivity index (χ0n) is 10.8. The summed E-state index contributed by atoms with van der Waals surface area (Å²) in [5, 5.41) is 9.36. The molecule has 0 unspecified atom stereocenters. The minimum absolute atomic E-state index is 0.00408. The van der Waals surface area contributed by atoms with Crippen molar-refractivity contribution in [3.63, 3.8) is 0 Å². The van der Waals surface area contributed by atoms with Gasteiger partial charge in [-0.05, 0) is 17.7 Å². The van der Waals surface area contributed by atoms with Crippen molar-refractivity contribution in [3.8, 4) is 5.75 Å². The molecule has 10 heteroatoms. The molecule has 21 heavy (non-hydrogen) atoms. The van der Waals surface area contributed by atoms with Crippen molar-refractivity contribution < 1.29 is 18.3 Å². The number of rotatable bonds is 5. The van der Waals surface area contributed by atoms with Gasteiger partial charge >= 0.3 is 0 Å². The Kier molecular flexibility index (Phi) is 4.71. The maximum Gasteiger partial charge on any atom is 0.273 e. The van der Waals surface area contributed by atoms with Crippen molar-refractivity contribution in [1.82, 2.24) is 4.98 Å². The molecule has 0 amide bonds. The lowest BCUT2D eigenvalue weighted by Crippen LogP contribution is -2.12. The second kappa shape index (κ2) is 6.18. The minimum Gasteiger partial charge on any atom is -0.495 e. The molecular formula is C11H12BrN3O4S2. The summed E-state index contributed by atoms with van der Waals surface area (Å²) >= 11 is 4.12. The number of thiazole rings is 1. The Hall–Kier alpha value is -1.36. The van der Waals surface area contributed by atoms with E-state index in [1.807, 2.05) is 0 Å². The summed E-state index contributed by atoms with van der Waals surface area (Å²) in [6, 6.07) is 3.06. The smallest absolute Gasteiger partial charge is 0.273 e. The summed E-state index contributed by atoms with van der Waals surface area (Å²) < 4.78 is 32.6. The lowest BCUT2D eigenvalue weighted by Gasteiger charge is -2.13. The highest BCUT2D eigenvalue weighted by atomic mass is 79.9. The molecule has 1 aromatic carbocycles. The number of nitrogens with one attached hydrogen (secondary N) is 1. The number of sulfonamides is 1. The third kappa shape index (κ3) is 3.46. The van der Waals surface area contributed by atoms with Crippen molar-refractivity contribution in [1.29, 1.82) is 0 Å². The van der Waals surface area contributed by atoms with Gasteiger partial charge in [-0.1, -0.05) is 27.3 Å². The number of benzene rings is 1. The molecule has 0 saturated carbocycles. The molecular weight excluding hydrogens is 382 g/mol. The predicted octanol–water partition coefficient (Wildman–Crippen LogP) is 1.79. The molecule has 0 spiro atoms. The number of hydrogen-bond donors (Lipinski definition) is 3. The second-order valence-electron chi connectivity index (χ2n) is 3.93. The van der Waals surface area contributed by atoms with Crippen LogP contribution >= 0.6 is 27.3 Å². The van der Waals surface area contributed by atoms with Crippen LogP contribution in [-0.2, 0) is 16.6 Å². The lowest BCUT2D eigenvalue weighted by atomic mass is 10.2. The van der Waals surface area contributed by atoms with Crippen molar-refractivity contribution in [3.05, 3.63) is 28.4 Å². The Bertz CT molecular complexity index is 761. The molecule has 0 radical (unpaired) electrons. The molecule has 0 fully saturated rings. The highest BCUT2D eigenvalue weighted by Crippen LogP contribution is 2.33. The van der Waals surface area contributed by atoms with E-state index in [0.29, 0.717) is 15.8 Å². The largest absolute Gasteiger partial charge is 0.495 e. The molecule has 0 bridgehead atoms. The average molecular weight is 394 g/mol. The van der Waals surface area contributed by atoms with Gasteiger partial charge in [-0.2, -0.15) is 0 Å². The van der Waals surface area contributed by atoms with Crippen LogP contribution in [0.5, 0.6) is 5.75 Å². The van der Waals surface area contributed by atoms with Gasteiger partial charge in [0.1, 0.15) is 5.75 Å². The molecule has 0 aliphatic rings. The van der Waals surface area contributed by atoms with Gasteiger partial charge < -0.3 is 15.6 Å². The van der Waals surface area contributed by atoms with E-state index in [2.05, 4.69) is 25.6 Å². The molecule has 2 rings (SSSR count). The Morgan fingerprint density at radius 1 is 1.52 bits per heavy atom. The minimum atomic E-state index is -3.80. The van der Waals surface area contributed by atoms with E-state index >= 15 is 0 Å². The normalized spacial score (nSPS) is 11.4. The van der Waals surface area contributed by atoms with Gasteiger partial charge in [0.05, 0.1) is 25.6 Å². The van der Waals surface area contributed by atoms with Gasteiger partial charge in [-0.15, -0.1) is 0 Å². The van der Waals surface area contributed by atoms with Gasteiger partial charge in [-0.25, -0.2) is 13.4 Å². The summed E-state index contributed by atoms with van der Waals surface area (Å²) in [5.74, 6) is 0.295. The van der Waals surface area contributed by atoms with Crippen LogP contribution in [0.15, 0.2) is 27.0 Å². The standard InChI is InChI=1S/C11H12BrN3O4S2/c1-19-9-2-6(5-16)7(12)3-8(9)15-21(17,18)10-4-14-11(13)20-10/h2-4,15-16H,5H2,1H3,(H2,13,14). The number of methoxy groups -OCH3 is 1. The van der Waals surface area contributed by atoms with Crippen LogP contribution in [0.3, 0.4) is 0 Å². The number of aromatic nitrogens is 1. The average Bonchev–Trinajstić information content (AvgIpc) is 2.86. The van der Waals surface area contributed by atoms with E-state index < -0.39 is 10.0 Å². The molecule has 2 aromatic rings. The molecule has 1 aromatic heterocycles. The number of nitrogens with two attached hydrogens (primary N) is 1. The van der Waals surface area contributed by atoms with Crippen LogP contribution < -0.4 is 15.2 Å². The van der Waals surface area contributed by atoms with E-state index in [4.69, 9.17) is 10.5 Å². The highest BCUT2D eigenvalue weighted by molar-refractivity contribution is 9.10. The van der Waals surface area contributed by atoms with Crippen LogP contribution in [0.1, 0.15) is 5.56 Å². The Morgan fingerprint density at radius 2 is 2.24 bits per heavy atom. The monoisotopic (exact) mass is 393 g/mol. The number of aliphatic hydroxyl groups is 1. The summed E-state index contributed by atoms with van der Waals surface area (Å²) in [7, 11) is -2.39. The van der Waals surface area contributed by atoms with E-state index in [1.54, 1.807) is 6.07 Å². The Morgan fingerprint density at radius 3 is 2.76 bits per heavy atom. The fourth-order valence-corrected chi connectivity index (χ4v) is 4.00. The zero-order chi connectivity index (χ0) is 15.6. The molecule has 0 aliphatic carbocycles. The van der Waals surface area contributed by atoms with Gasteiger partial charge in [0.25, 0.3) is 10.0 Å². The second-order valence-corrected chi connectivity index (χ2v) is 7.75. The number of ether oxygens (including phenoxy) is 1. The Balaban J connectivity index is 2.41. The fourth-order valence-electron chi connectivity index (χ4n) is 1.56.